The zero-order valence-corrected chi connectivity index (χ0v) is 17.1. The molecular formula is C22H29NO4S. The molecule has 1 aromatic heterocycles. The largest absolute Gasteiger partial charge is 0.491 e. The van der Waals surface area contributed by atoms with Crippen molar-refractivity contribution in [2.75, 3.05) is 13.2 Å². The van der Waals surface area contributed by atoms with Gasteiger partial charge >= 0.3 is 5.97 Å². The number of hydrogen-bond acceptors (Lipinski definition) is 4. The molecule has 0 bridgehead atoms. The maximum Gasteiger partial charge on any atom is 0.303 e. The number of aliphatic carboxylic acids is 1. The van der Waals surface area contributed by atoms with E-state index in [-0.39, 0.29) is 12.3 Å². The molecule has 2 N–H and O–H groups in total. The summed E-state index contributed by atoms with van der Waals surface area (Å²) in [5.41, 5.74) is 0. The van der Waals surface area contributed by atoms with Crippen molar-refractivity contribution in [1.29, 1.82) is 0 Å². The fraction of sp³-hybridized carbons (Fsp3) is 0.545. The number of hydrogen-bond donors (Lipinski definition) is 2. The van der Waals surface area contributed by atoms with Crippen molar-refractivity contribution >= 4 is 33.3 Å². The lowest BCUT2D eigenvalue weighted by molar-refractivity contribution is -0.137. The summed E-state index contributed by atoms with van der Waals surface area (Å²) in [5.74, 6) is 0.444. The highest BCUT2D eigenvalue weighted by atomic mass is 32.1. The van der Waals surface area contributed by atoms with Gasteiger partial charge in [-0.05, 0) is 50.2 Å². The molecule has 1 aromatic carbocycles. The number of carboxylic acids is 1. The Morgan fingerprint density at radius 3 is 2.68 bits per heavy atom. The Hall–Kier alpha value is -2.08. The predicted octanol–water partition coefficient (Wildman–Crippen LogP) is 5.24. The molecule has 1 fully saturated rings. The van der Waals surface area contributed by atoms with Gasteiger partial charge in [0.2, 0.25) is 0 Å². The van der Waals surface area contributed by atoms with Crippen molar-refractivity contribution < 1.29 is 19.4 Å². The lowest BCUT2D eigenvalue weighted by atomic mass is 9.89. The standard InChI is InChI=1S/C22H29NO4S/c24-19(25)13-5-2-8-14-27-20-17-11-6-7-12-18(17)28-21(20)22(26)23-15-16-9-3-1-4-10-16/h6-7,11-12,16H,1-5,8-10,13-15H2,(H,23,26)(H,24,25). The van der Waals surface area contributed by atoms with Crippen molar-refractivity contribution in [3.05, 3.63) is 29.1 Å². The Morgan fingerprint density at radius 1 is 1.11 bits per heavy atom. The third-order valence-corrected chi connectivity index (χ3v) is 6.46. The Labute approximate surface area is 170 Å². The van der Waals surface area contributed by atoms with Crippen LogP contribution in [-0.4, -0.2) is 30.1 Å². The second-order valence-electron chi connectivity index (χ2n) is 7.52. The van der Waals surface area contributed by atoms with Crippen LogP contribution in [0.4, 0.5) is 0 Å². The molecule has 1 amide bonds. The van der Waals surface area contributed by atoms with E-state index in [1.165, 1.54) is 43.4 Å². The van der Waals surface area contributed by atoms with Crippen molar-refractivity contribution in [2.45, 2.75) is 57.8 Å². The second-order valence-corrected chi connectivity index (χ2v) is 8.58. The molecule has 5 nitrogen and oxygen atoms in total. The van der Waals surface area contributed by atoms with Crippen LogP contribution in [0.5, 0.6) is 5.75 Å². The molecule has 152 valence electrons. The van der Waals surface area contributed by atoms with Crippen LogP contribution in [-0.2, 0) is 4.79 Å². The van der Waals surface area contributed by atoms with Crippen LogP contribution in [0.3, 0.4) is 0 Å². The number of benzene rings is 1. The molecule has 6 heteroatoms. The maximum atomic E-state index is 12.8. The quantitative estimate of drug-likeness (QED) is 0.532. The van der Waals surface area contributed by atoms with Crippen molar-refractivity contribution in [1.82, 2.24) is 5.32 Å². The highest BCUT2D eigenvalue weighted by molar-refractivity contribution is 7.21. The summed E-state index contributed by atoms with van der Waals surface area (Å²) in [6, 6.07) is 7.93. The molecular weight excluding hydrogens is 374 g/mol. The number of nitrogens with one attached hydrogen (secondary N) is 1. The molecule has 3 rings (SSSR count). The number of thiophene rings is 1. The van der Waals surface area contributed by atoms with E-state index in [0.29, 0.717) is 29.6 Å². The van der Waals surface area contributed by atoms with E-state index in [1.807, 2.05) is 24.3 Å². The van der Waals surface area contributed by atoms with Crippen molar-refractivity contribution in [3.63, 3.8) is 0 Å². The average molecular weight is 404 g/mol. The van der Waals surface area contributed by atoms with E-state index in [4.69, 9.17) is 9.84 Å². The summed E-state index contributed by atoms with van der Waals surface area (Å²) in [7, 11) is 0. The predicted molar refractivity (Wildman–Crippen MR) is 112 cm³/mol. The van der Waals surface area contributed by atoms with Crippen molar-refractivity contribution in [2.24, 2.45) is 5.92 Å². The minimum atomic E-state index is -0.762. The summed E-state index contributed by atoms with van der Waals surface area (Å²) in [5, 5.41) is 12.8. The van der Waals surface area contributed by atoms with Gasteiger partial charge in [0.25, 0.3) is 5.91 Å². The number of carbonyl (C=O) groups excluding carboxylic acids is 1. The van der Waals surface area contributed by atoms with Gasteiger partial charge in [0.15, 0.2) is 5.75 Å². The topological polar surface area (TPSA) is 75.6 Å². The smallest absolute Gasteiger partial charge is 0.303 e. The number of amides is 1. The number of ether oxygens (including phenoxy) is 1. The van der Waals surface area contributed by atoms with Gasteiger partial charge in [-0.15, -0.1) is 11.3 Å². The first kappa shape index (κ1) is 20.6. The van der Waals surface area contributed by atoms with Gasteiger partial charge in [-0.2, -0.15) is 0 Å². The fourth-order valence-electron chi connectivity index (χ4n) is 3.75. The molecule has 2 aromatic rings. The van der Waals surface area contributed by atoms with Gasteiger partial charge in [-0.25, -0.2) is 0 Å². The molecule has 0 radical (unpaired) electrons. The minimum absolute atomic E-state index is 0.0485. The van der Waals surface area contributed by atoms with Gasteiger partial charge in [0.1, 0.15) is 4.88 Å². The van der Waals surface area contributed by atoms with Gasteiger partial charge in [-0.3, -0.25) is 9.59 Å². The van der Waals surface area contributed by atoms with Crippen molar-refractivity contribution in [3.8, 4) is 5.75 Å². The molecule has 0 aliphatic heterocycles. The molecule has 1 saturated carbocycles. The summed E-state index contributed by atoms with van der Waals surface area (Å²) in [6.45, 7) is 1.23. The highest BCUT2D eigenvalue weighted by Crippen LogP contribution is 2.38. The Morgan fingerprint density at radius 2 is 1.89 bits per heavy atom. The first-order valence-corrected chi connectivity index (χ1v) is 11.1. The number of unbranched alkanes of at least 4 members (excludes halogenated alkanes) is 2. The zero-order valence-electron chi connectivity index (χ0n) is 16.2. The molecule has 0 saturated heterocycles. The van der Waals surface area contributed by atoms with Gasteiger partial charge in [-0.1, -0.05) is 31.4 Å². The Kier molecular flexibility index (Phi) is 7.71. The van der Waals surface area contributed by atoms with Crippen LogP contribution in [0.2, 0.25) is 0 Å². The van der Waals surface area contributed by atoms with E-state index in [9.17, 15) is 9.59 Å². The molecule has 1 aliphatic carbocycles. The molecule has 0 atom stereocenters. The van der Waals surface area contributed by atoms with E-state index < -0.39 is 5.97 Å². The van der Waals surface area contributed by atoms with E-state index in [0.717, 1.165) is 29.5 Å². The average Bonchev–Trinajstić information content (AvgIpc) is 3.08. The van der Waals surface area contributed by atoms with Crippen LogP contribution < -0.4 is 10.1 Å². The maximum absolute atomic E-state index is 12.8. The normalized spacial score (nSPS) is 14.9. The Bertz CT molecular complexity index is 795. The van der Waals surface area contributed by atoms with Crippen LogP contribution in [0, 0.1) is 5.92 Å². The summed E-state index contributed by atoms with van der Waals surface area (Å²) in [6.07, 6.45) is 8.66. The first-order chi connectivity index (χ1) is 13.6. The molecule has 1 heterocycles. The monoisotopic (exact) mass is 403 g/mol. The van der Waals surface area contributed by atoms with E-state index >= 15 is 0 Å². The highest BCUT2D eigenvalue weighted by Gasteiger charge is 2.21. The fourth-order valence-corrected chi connectivity index (χ4v) is 4.82. The van der Waals surface area contributed by atoms with Gasteiger partial charge < -0.3 is 15.2 Å². The molecule has 28 heavy (non-hydrogen) atoms. The van der Waals surface area contributed by atoms with E-state index in [2.05, 4.69) is 5.32 Å². The second kappa shape index (κ2) is 10.5. The SMILES string of the molecule is O=C(O)CCCCCOc1c(C(=O)NCC2CCCCC2)sc2ccccc12. The lowest BCUT2D eigenvalue weighted by Crippen LogP contribution is -2.30. The van der Waals surface area contributed by atoms with Crippen LogP contribution >= 0.6 is 11.3 Å². The van der Waals surface area contributed by atoms with Gasteiger partial charge in [0.05, 0.1) is 6.61 Å². The summed E-state index contributed by atoms with van der Waals surface area (Å²) in [4.78, 5) is 24.1. The molecule has 0 unspecified atom stereocenters. The number of fused-ring (bicyclic) bond motifs is 1. The minimum Gasteiger partial charge on any atom is -0.491 e. The van der Waals surface area contributed by atoms with Gasteiger partial charge in [0, 0.05) is 23.1 Å². The third kappa shape index (κ3) is 5.71. The molecule has 1 aliphatic rings. The van der Waals surface area contributed by atoms with Crippen LogP contribution in [0.1, 0.15) is 67.5 Å². The van der Waals surface area contributed by atoms with E-state index in [1.54, 1.807) is 0 Å². The Balaban J connectivity index is 1.61. The van der Waals surface area contributed by atoms with Crippen LogP contribution in [0.15, 0.2) is 24.3 Å². The number of carbonyl (C=O) groups is 2. The van der Waals surface area contributed by atoms with Crippen LogP contribution in [0.25, 0.3) is 10.1 Å². The molecule has 0 spiro atoms. The summed E-state index contributed by atoms with van der Waals surface area (Å²) < 4.78 is 7.06. The first-order valence-electron chi connectivity index (χ1n) is 10.3. The lowest BCUT2D eigenvalue weighted by Gasteiger charge is -2.21. The summed E-state index contributed by atoms with van der Waals surface area (Å²) >= 11 is 1.48. The number of rotatable bonds is 10. The third-order valence-electron chi connectivity index (χ3n) is 5.31. The number of carboxylic acid groups (broad SMARTS) is 1. The zero-order chi connectivity index (χ0) is 19.8.